The molecule has 0 atom stereocenters. The van der Waals surface area contributed by atoms with Gasteiger partial charge < -0.3 is 0 Å². The van der Waals surface area contributed by atoms with Gasteiger partial charge in [0.05, 0.1) is 5.56 Å². The van der Waals surface area contributed by atoms with Crippen molar-refractivity contribution in [3.63, 3.8) is 0 Å². The summed E-state index contributed by atoms with van der Waals surface area (Å²) in [5, 5.41) is 9.26. The minimum Gasteiger partial charge on any atom is -0.286 e. The van der Waals surface area contributed by atoms with Gasteiger partial charge in [-0.25, -0.2) is 5.06 Å². The molecule has 0 radical (unpaired) electrons. The number of carbonyl (C=O) groups excluding carboxylic acids is 1. The molecule has 0 fully saturated rings. The molecule has 1 aromatic rings. The van der Waals surface area contributed by atoms with E-state index in [0.717, 1.165) is 0 Å². The topological polar surface area (TPSA) is 53.4 Å². The Morgan fingerprint density at radius 2 is 2.45 bits per heavy atom. The zero-order valence-electron chi connectivity index (χ0n) is 6.06. The van der Waals surface area contributed by atoms with E-state index in [1.165, 1.54) is 13.2 Å². The Labute approximate surface area is 64.1 Å². The molecule has 1 amide bonds. The number of hydroxylamine groups is 2. The van der Waals surface area contributed by atoms with E-state index >= 15 is 0 Å². The average Bonchev–Trinajstić information content (AvgIpc) is 2.05. The van der Waals surface area contributed by atoms with Crippen LogP contribution in [0.3, 0.4) is 0 Å². The summed E-state index contributed by atoms with van der Waals surface area (Å²) in [7, 11) is 1.27. The molecule has 1 N–H and O–H groups in total. The summed E-state index contributed by atoms with van der Waals surface area (Å²) in [6.07, 6.45) is 2.96. The van der Waals surface area contributed by atoms with Crippen LogP contribution in [-0.2, 0) is 0 Å². The van der Waals surface area contributed by atoms with E-state index in [-0.39, 0.29) is 0 Å². The van der Waals surface area contributed by atoms with E-state index in [4.69, 9.17) is 5.21 Å². The number of aromatic nitrogens is 1. The highest BCUT2D eigenvalue weighted by molar-refractivity contribution is 5.92. The molecule has 0 aromatic carbocycles. The molecule has 0 aliphatic rings. The Hall–Kier alpha value is -1.42. The zero-order chi connectivity index (χ0) is 8.27. The Bertz CT molecular complexity index is 246. The van der Waals surface area contributed by atoms with Crippen LogP contribution in [0.5, 0.6) is 0 Å². The van der Waals surface area contributed by atoms with Crippen molar-refractivity contribution in [2.45, 2.75) is 0 Å². The van der Waals surface area contributed by atoms with E-state index in [1.54, 1.807) is 18.3 Å². The normalized spacial score (nSPS) is 9.27. The van der Waals surface area contributed by atoms with Crippen LogP contribution in [-0.4, -0.2) is 28.2 Å². The standard InChI is InChI=1S/C7H8N2O2/c1-9(11)7(10)6-3-2-4-8-5-6/h2-5,11H,1H3. The summed E-state index contributed by atoms with van der Waals surface area (Å²) in [6, 6.07) is 3.22. The van der Waals surface area contributed by atoms with Gasteiger partial charge >= 0.3 is 0 Å². The van der Waals surface area contributed by atoms with Gasteiger partial charge in [-0.15, -0.1) is 0 Å². The minimum absolute atomic E-state index is 0.373. The van der Waals surface area contributed by atoms with Gasteiger partial charge in [0.25, 0.3) is 5.91 Å². The lowest BCUT2D eigenvalue weighted by molar-refractivity contribution is -0.0375. The molecule has 0 unspecified atom stereocenters. The molecular weight excluding hydrogens is 144 g/mol. The molecule has 1 heterocycles. The van der Waals surface area contributed by atoms with Crippen molar-refractivity contribution in [1.82, 2.24) is 10.0 Å². The number of carbonyl (C=O) groups is 1. The van der Waals surface area contributed by atoms with Gasteiger partial charge in [0.2, 0.25) is 0 Å². The number of hydrogen-bond acceptors (Lipinski definition) is 3. The summed E-state index contributed by atoms with van der Waals surface area (Å²) in [6.45, 7) is 0. The number of rotatable bonds is 1. The van der Waals surface area contributed by atoms with Gasteiger partial charge in [0, 0.05) is 19.4 Å². The average molecular weight is 152 g/mol. The molecule has 0 aliphatic carbocycles. The first-order valence-corrected chi connectivity index (χ1v) is 3.09. The fraction of sp³-hybridized carbons (Fsp3) is 0.143. The van der Waals surface area contributed by atoms with Crippen molar-refractivity contribution < 1.29 is 10.0 Å². The Morgan fingerprint density at radius 3 is 2.91 bits per heavy atom. The number of amides is 1. The second-order valence-electron chi connectivity index (χ2n) is 2.07. The summed E-state index contributed by atoms with van der Waals surface area (Å²) < 4.78 is 0. The molecule has 11 heavy (non-hydrogen) atoms. The van der Waals surface area contributed by atoms with E-state index in [2.05, 4.69) is 4.98 Å². The molecular formula is C7H8N2O2. The molecule has 0 saturated carbocycles. The Kier molecular flexibility index (Phi) is 2.18. The molecule has 58 valence electrons. The third-order valence-electron chi connectivity index (χ3n) is 1.20. The fourth-order valence-corrected chi connectivity index (χ4v) is 0.676. The van der Waals surface area contributed by atoms with E-state index < -0.39 is 5.91 Å². The smallest absolute Gasteiger partial charge is 0.278 e. The number of nitrogens with zero attached hydrogens (tertiary/aromatic N) is 2. The quantitative estimate of drug-likeness (QED) is 0.472. The molecule has 4 heteroatoms. The van der Waals surface area contributed by atoms with Crippen LogP contribution < -0.4 is 0 Å². The van der Waals surface area contributed by atoms with Gasteiger partial charge in [0.15, 0.2) is 0 Å². The van der Waals surface area contributed by atoms with Gasteiger partial charge in [-0.2, -0.15) is 0 Å². The van der Waals surface area contributed by atoms with Crippen molar-refractivity contribution in [3.05, 3.63) is 30.1 Å². The summed E-state index contributed by atoms with van der Waals surface area (Å²) >= 11 is 0. The lowest BCUT2D eigenvalue weighted by Gasteiger charge is -2.06. The van der Waals surface area contributed by atoms with Crippen molar-refractivity contribution in [2.24, 2.45) is 0 Å². The maximum atomic E-state index is 11.0. The summed E-state index contributed by atoms with van der Waals surface area (Å²) in [5.74, 6) is -0.460. The highest BCUT2D eigenvalue weighted by atomic mass is 16.5. The number of hydrogen-bond donors (Lipinski definition) is 1. The highest BCUT2D eigenvalue weighted by Crippen LogP contribution is 1.97. The Morgan fingerprint density at radius 1 is 1.73 bits per heavy atom. The molecule has 1 aromatic heterocycles. The van der Waals surface area contributed by atoms with Crippen molar-refractivity contribution in [1.29, 1.82) is 0 Å². The molecule has 1 rings (SSSR count). The highest BCUT2D eigenvalue weighted by Gasteiger charge is 2.07. The molecule has 0 saturated heterocycles. The first-order chi connectivity index (χ1) is 5.22. The largest absolute Gasteiger partial charge is 0.286 e. The van der Waals surface area contributed by atoms with Gasteiger partial charge in [0.1, 0.15) is 0 Å². The van der Waals surface area contributed by atoms with Gasteiger partial charge in [-0.3, -0.25) is 15.0 Å². The zero-order valence-corrected chi connectivity index (χ0v) is 6.06. The third-order valence-corrected chi connectivity index (χ3v) is 1.20. The van der Waals surface area contributed by atoms with Crippen molar-refractivity contribution in [3.8, 4) is 0 Å². The first kappa shape index (κ1) is 7.68. The van der Waals surface area contributed by atoms with E-state index in [0.29, 0.717) is 10.6 Å². The van der Waals surface area contributed by atoms with Crippen LogP contribution in [0.4, 0.5) is 0 Å². The van der Waals surface area contributed by atoms with Crippen LogP contribution in [0.15, 0.2) is 24.5 Å². The predicted molar refractivity (Wildman–Crippen MR) is 38.1 cm³/mol. The van der Waals surface area contributed by atoms with E-state index in [9.17, 15) is 4.79 Å². The predicted octanol–water partition coefficient (Wildman–Crippen LogP) is 0.543. The first-order valence-electron chi connectivity index (χ1n) is 3.09. The van der Waals surface area contributed by atoms with Crippen LogP contribution in [0.25, 0.3) is 0 Å². The monoisotopic (exact) mass is 152 g/mol. The second-order valence-corrected chi connectivity index (χ2v) is 2.07. The van der Waals surface area contributed by atoms with Crippen LogP contribution in [0.1, 0.15) is 10.4 Å². The lowest BCUT2D eigenvalue weighted by atomic mass is 10.3. The second kappa shape index (κ2) is 3.12. The van der Waals surface area contributed by atoms with Crippen LogP contribution >= 0.6 is 0 Å². The summed E-state index contributed by atoms with van der Waals surface area (Å²) in [4.78, 5) is 14.7. The molecule has 0 aliphatic heterocycles. The molecule has 4 nitrogen and oxygen atoms in total. The van der Waals surface area contributed by atoms with Crippen LogP contribution in [0, 0.1) is 0 Å². The van der Waals surface area contributed by atoms with Gasteiger partial charge in [-0.05, 0) is 12.1 Å². The minimum atomic E-state index is -0.460. The third kappa shape index (κ3) is 1.75. The summed E-state index contributed by atoms with van der Waals surface area (Å²) in [5.41, 5.74) is 0.373. The van der Waals surface area contributed by atoms with Gasteiger partial charge in [-0.1, -0.05) is 0 Å². The van der Waals surface area contributed by atoms with E-state index in [1.807, 2.05) is 0 Å². The molecule has 0 spiro atoms. The van der Waals surface area contributed by atoms with Crippen LogP contribution in [0.2, 0.25) is 0 Å². The fourth-order valence-electron chi connectivity index (χ4n) is 0.676. The van der Waals surface area contributed by atoms with Crippen molar-refractivity contribution in [2.75, 3.05) is 7.05 Å². The SMILES string of the molecule is CN(O)C(=O)c1cccnc1. The van der Waals surface area contributed by atoms with Crippen molar-refractivity contribution >= 4 is 5.91 Å². The molecule has 0 bridgehead atoms. The maximum Gasteiger partial charge on any atom is 0.278 e. The Balaban J connectivity index is 2.86. The maximum absolute atomic E-state index is 11.0. The number of pyridine rings is 1. The lowest BCUT2D eigenvalue weighted by Crippen LogP contribution is -2.22.